The minimum Gasteiger partial charge on any atom is -0.504 e. The van der Waals surface area contributed by atoms with E-state index < -0.39 is 0 Å². The molecule has 0 radical (unpaired) electrons. The summed E-state index contributed by atoms with van der Waals surface area (Å²) in [7, 11) is 1.58. The van der Waals surface area contributed by atoms with Crippen LogP contribution in [0.15, 0.2) is 176 Å². The van der Waals surface area contributed by atoms with Crippen LogP contribution in [0.25, 0.3) is 62.2 Å². The Balaban J connectivity index is 0.000000169. The molecule has 0 N–H and O–H groups in total. The predicted octanol–water partition coefficient (Wildman–Crippen LogP) is 11.0. The molecule has 0 spiro atoms. The van der Waals surface area contributed by atoms with E-state index in [1.54, 1.807) is 71.5 Å². The van der Waals surface area contributed by atoms with Crippen molar-refractivity contribution in [2.75, 3.05) is 7.11 Å². The number of aromatic nitrogens is 4. The van der Waals surface area contributed by atoms with Crippen LogP contribution in [0.2, 0.25) is 0 Å². The lowest BCUT2D eigenvalue weighted by atomic mass is 10.0. The second-order valence-electron chi connectivity index (χ2n) is 12.5. The molecule has 0 fully saturated rings. The van der Waals surface area contributed by atoms with E-state index in [2.05, 4.69) is 34.5 Å². The van der Waals surface area contributed by atoms with Crippen molar-refractivity contribution in [2.45, 2.75) is 6.42 Å². The standard InChI is InChI=1S/C24H19FN2O.C23H17FN2O/c1-28-16-15-20-17-26-27(24(20)22-9-5-6-10-23(22)25)21-13-11-19(12-14-21)18-7-3-2-4-8-18;24-22-9-5-4-8-21(22)23-19(14-15-27)16-25-26(23)20-12-10-18(11-13-20)17-6-2-1-3-7-17/h2-17H,1H3;1-13,15-16H,14H2/b16-15+;. The average molecular weight is 727 g/mol. The highest BCUT2D eigenvalue weighted by Crippen LogP contribution is 2.32. The zero-order valence-electron chi connectivity index (χ0n) is 30.0. The Labute approximate surface area is 318 Å². The molecule has 6 aromatic carbocycles. The van der Waals surface area contributed by atoms with Gasteiger partial charge in [0.2, 0.25) is 0 Å². The van der Waals surface area contributed by atoms with Gasteiger partial charge in [-0.1, -0.05) is 109 Å². The highest BCUT2D eigenvalue weighted by Gasteiger charge is 2.18. The molecule has 0 atom stereocenters. The van der Waals surface area contributed by atoms with Crippen molar-refractivity contribution < 1.29 is 18.3 Å². The summed E-state index contributed by atoms with van der Waals surface area (Å²) in [5.41, 5.74) is 9.82. The molecular weight excluding hydrogens is 691 g/mol. The number of carbonyl (C=O) groups is 1. The van der Waals surface area contributed by atoms with Crippen molar-refractivity contribution in [3.63, 3.8) is 0 Å². The van der Waals surface area contributed by atoms with Gasteiger partial charge in [-0.15, -0.1) is 0 Å². The molecule has 6 nitrogen and oxygen atoms in total. The predicted molar refractivity (Wildman–Crippen MR) is 215 cm³/mol. The summed E-state index contributed by atoms with van der Waals surface area (Å²) in [6, 6.07) is 49.5. The van der Waals surface area contributed by atoms with Crippen LogP contribution in [0.3, 0.4) is 0 Å². The van der Waals surface area contributed by atoms with Gasteiger partial charge in [0.05, 0.1) is 48.5 Å². The lowest BCUT2D eigenvalue weighted by molar-refractivity contribution is -0.107. The fourth-order valence-corrected chi connectivity index (χ4v) is 6.35. The third-order valence-electron chi connectivity index (χ3n) is 9.03. The number of methoxy groups -OCH3 is 1. The number of benzene rings is 6. The van der Waals surface area contributed by atoms with Gasteiger partial charge < -0.3 is 9.53 Å². The zero-order chi connectivity index (χ0) is 38.0. The Kier molecular flexibility index (Phi) is 11.2. The summed E-state index contributed by atoms with van der Waals surface area (Å²) in [4.78, 5) is 11.1. The van der Waals surface area contributed by atoms with Crippen molar-refractivity contribution in [3.05, 3.63) is 199 Å². The largest absolute Gasteiger partial charge is 0.504 e. The van der Waals surface area contributed by atoms with Gasteiger partial charge in [-0.2, -0.15) is 10.2 Å². The Morgan fingerprint density at radius 1 is 0.545 bits per heavy atom. The monoisotopic (exact) mass is 726 g/mol. The molecule has 8 aromatic rings. The van der Waals surface area contributed by atoms with E-state index in [0.29, 0.717) is 28.1 Å². The number of hydrogen-bond donors (Lipinski definition) is 0. The molecule has 0 saturated carbocycles. The summed E-state index contributed by atoms with van der Waals surface area (Å²) in [6.07, 6.45) is 7.67. The Morgan fingerprint density at radius 3 is 1.47 bits per heavy atom. The molecule has 2 heterocycles. The first-order valence-electron chi connectivity index (χ1n) is 17.6. The summed E-state index contributed by atoms with van der Waals surface area (Å²) in [5.74, 6) is -0.635. The van der Waals surface area contributed by atoms with Gasteiger partial charge in [-0.05, 0) is 76.9 Å². The van der Waals surface area contributed by atoms with Crippen LogP contribution in [0.1, 0.15) is 11.1 Å². The minimum atomic E-state index is -0.340. The highest BCUT2D eigenvalue weighted by molar-refractivity contribution is 5.75. The number of hydrogen-bond acceptors (Lipinski definition) is 4. The molecule has 270 valence electrons. The SMILES string of the molecule is CO/C=C/c1cnn(-c2ccc(-c3ccccc3)cc2)c1-c1ccccc1F.O=CCc1cnn(-c2ccc(-c3ccccc3)cc2)c1-c1ccccc1F. The van der Waals surface area contributed by atoms with Crippen LogP contribution >= 0.6 is 0 Å². The number of halogens is 2. The molecule has 55 heavy (non-hydrogen) atoms. The van der Waals surface area contributed by atoms with E-state index in [9.17, 15) is 13.6 Å². The molecule has 2 aromatic heterocycles. The Bertz CT molecular complexity index is 2530. The first kappa shape index (κ1) is 36.2. The van der Waals surface area contributed by atoms with Crippen LogP contribution < -0.4 is 0 Å². The van der Waals surface area contributed by atoms with Gasteiger partial charge in [-0.3, -0.25) is 0 Å². The smallest absolute Gasteiger partial charge is 0.132 e. The molecule has 0 bridgehead atoms. The third kappa shape index (κ3) is 8.09. The summed E-state index contributed by atoms with van der Waals surface area (Å²) in [5, 5.41) is 8.92. The van der Waals surface area contributed by atoms with Crippen LogP contribution in [0, 0.1) is 11.6 Å². The molecular formula is C47H36F2N4O2. The topological polar surface area (TPSA) is 61.9 Å². The minimum absolute atomic E-state index is 0.186. The maximum atomic E-state index is 14.5. The maximum Gasteiger partial charge on any atom is 0.132 e. The Hall–Kier alpha value is -7.19. The normalized spacial score (nSPS) is 10.9. The van der Waals surface area contributed by atoms with E-state index in [1.165, 1.54) is 12.1 Å². The second kappa shape index (κ2) is 17.1. The molecule has 8 rings (SSSR count). The molecule has 0 aliphatic rings. The number of rotatable bonds is 10. The molecule has 8 heteroatoms. The second-order valence-corrected chi connectivity index (χ2v) is 12.5. The highest BCUT2D eigenvalue weighted by atomic mass is 19.1. The summed E-state index contributed by atoms with van der Waals surface area (Å²) < 4.78 is 37.4. The van der Waals surface area contributed by atoms with Gasteiger partial charge in [0.25, 0.3) is 0 Å². The maximum absolute atomic E-state index is 14.5. The van der Waals surface area contributed by atoms with Crippen LogP contribution in [-0.2, 0) is 16.0 Å². The molecule has 0 saturated heterocycles. The third-order valence-corrected chi connectivity index (χ3v) is 9.03. The van der Waals surface area contributed by atoms with E-state index in [0.717, 1.165) is 45.5 Å². The van der Waals surface area contributed by atoms with Gasteiger partial charge >= 0.3 is 0 Å². The van der Waals surface area contributed by atoms with E-state index in [1.807, 2.05) is 91.0 Å². The lowest BCUT2D eigenvalue weighted by Gasteiger charge is -2.11. The van der Waals surface area contributed by atoms with Crippen LogP contribution in [-0.4, -0.2) is 33.0 Å². The van der Waals surface area contributed by atoms with E-state index >= 15 is 0 Å². The van der Waals surface area contributed by atoms with Crippen molar-refractivity contribution in [3.8, 4) is 56.1 Å². The van der Waals surface area contributed by atoms with Gasteiger partial charge in [0, 0.05) is 28.7 Å². The van der Waals surface area contributed by atoms with Gasteiger partial charge in [0.1, 0.15) is 17.9 Å². The van der Waals surface area contributed by atoms with Crippen molar-refractivity contribution >= 4 is 12.4 Å². The quantitative estimate of drug-likeness (QED) is 0.104. The van der Waals surface area contributed by atoms with Crippen molar-refractivity contribution in [1.82, 2.24) is 19.6 Å². The van der Waals surface area contributed by atoms with Crippen molar-refractivity contribution in [2.24, 2.45) is 0 Å². The average Bonchev–Trinajstić information content (AvgIpc) is 3.86. The van der Waals surface area contributed by atoms with Crippen LogP contribution in [0.4, 0.5) is 8.78 Å². The number of aldehydes is 1. The lowest BCUT2D eigenvalue weighted by Crippen LogP contribution is -2.02. The zero-order valence-corrected chi connectivity index (χ0v) is 30.0. The number of carbonyl (C=O) groups excluding carboxylic acids is 1. The number of ether oxygens (including phenoxy) is 1. The fourth-order valence-electron chi connectivity index (χ4n) is 6.35. The van der Waals surface area contributed by atoms with Gasteiger partial charge in [-0.25, -0.2) is 18.1 Å². The summed E-state index contributed by atoms with van der Waals surface area (Å²) >= 11 is 0. The molecule has 0 aliphatic carbocycles. The fraction of sp³-hybridized carbons (Fsp3) is 0.0426. The molecule has 0 unspecified atom stereocenters. The first-order chi connectivity index (χ1) is 27.1. The van der Waals surface area contributed by atoms with Crippen LogP contribution in [0.5, 0.6) is 0 Å². The molecule has 0 amide bonds. The van der Waals surface area contributed by atoms with Crippen molar-refractivity contribution in [1.29, 1.82) is 0 Å². The Morgan fingerprint density at radius 2 is 0.982 bits per heavy atom. The first-order valence-corrected chi connectivity index (χ1v) is 17.6. The summed E-state index contributed by atoms with van der Waals surface area (Å²) in [6.45, 7) is 0. The van der Waals surface area contributed by atoms with E-state index in [-0.39, 0.29) is 18.1 Å². The number of nitrogens with zero attached hydrogens (tertiary/aromatic N) is 4. The van der Waals surface area contributed by atoms with E-state index in [4.69, 9.17) is 4.74 Å². The molecule has 0 aliphatic heterocycles. The van der Waals surface area contributed by atoms with Gasteiger partial charge in [0.15, 0.2) is 0 Å².